The van der Waals surface area contributed by atoms with Crippen molar-refractivity contribution in [3.8, 4) is 0 Å². The van der Waals surface area contributed by atoms with Crippen molar-refractivity contribution in [2.45, 2.75) is 65.0 Å². The third-order valence-electron chi connectivity index (χ3n) is 3.38. The molecule has 1 atom stereocenters. The molecule has 0 aromatic rings. The SMILES string of the molecule is CCCCCCCC(N(C)C(=O)O)[SiH](OCC)OCC. The Morgan fingerprint density at radius 1 is 1.10 bits per heavy atom. The van der Waals surface area contributed by atoms with Gasteiger partial charge in [0.15, 0.2) is 0 Å². The minimum Gasteiger partial charge on any atom is -0.465 e. The van der Waals surface area contributed by atoms with Gasteiger partial charge < -0.3 is 18.9 Å². The lowest BCUT2D eigenvalue weighted by Crippen LogP contribution is -2.50. The summed E-state index contributed by atoms with van der Waals surface area (Å²) in [6.45, 7) is 7.21. The van der Waals surface area contributed by atoms with E-state index in [4.69, 9.17) is 8.85 Å². The van der Waals surface area contributed by atoms with E-state index in [0.717, 1.165) is 19.3 Å². The number of unbranched alkanes of at least 4 members (excludes halogenated alkanes) is 4. The maximum absolute atomic E-state index is 11.2. The van der Waals surface area contributed by atoms with E-state index in [0.29, 0.717) is 13.2 Å². The van der Waals surface area contributed by atoms with Crippen LogP contribution in [0.5, 0.6) is 0 Å². The van der Waals surface area contributed by atoms with Crippen LogP contribution in [-0.2, 0) is 8.85 Å². The van der Waals surface area contributed by atoms with Crippen molar-refractivity contribution in [1.29, 1.82) is 0 Å². The van der Waals surface area contributed by atoms with E-state index in [1.807, 2.05) is 13.8 Å². The highest BCUT2D eigenvalue weighted by Gasteiger charge is 2.31. The summed E-state index contributed by atoms with van der Waals surface area (Å²) in [7, 11) is -0.354. The van der Waals surface area contributed by atoms with Crippen LogP contribution in [0.15, 0.2) is 0 Å². The summed E-state index contributed by atoms with van der Waals surface area (Å²) in [5.74, 6) is 0. The molecule has 0 saturated heterocycles. The molecular weight excluding hydrogens is 274 g/mol. The zero-order chi connectivity index (χ0) is 15.4. The van der Waals surface area contributed by atoms with Gasteiger partial charge in [-0.25, -0.2) is 4.79 Å². The van der Waals surface area contributed by atoms with Gasteiger partial charge in [-0.05, 0) is 20.3 Å². The molecule has 0 bridgehead atoms. The predicted molar refractivity (Wildman–Crippen MR) is 83.4 cm³/mol. The molecule has 0 aromatic carbocycles. The minimum absolute atomic E-state index is 0.103. The van der Waals surface area contributed by atoms with Crippen molar-refractivity contribution in [1.82, 2.24) is 4.90 Å². The van der Waals surface area contributed by atoms with Gasteiger partial charge in [-0.3, -0.25) is 0 Å². The van der Waals surface area contributed by atoms with E-state index >= 15 is 0 Å². The summed E-state index contributed by atoms with van der Waals surface area (Å²) in [6, 6.07) is 0. The van der Waals surface area contributed by atoms with Gasteiger partial charge in [0.25, 0.3) is 0 Å². The second-order valence-electron chi connectivity index (χ2n) is 4.94. The standard InChI is InChI=1S/C14H31NO4Si/c1-5-8-9-10-11-12-13(15(4)14(16)17)20(18-6-2)19-7-3/h13,20H,5-12H2,1-4H3,(H,16,17). The summed E-state index contributed by atoms with van der Waals surface area (Å²) >= 11 is 0. The van der Waals surface area contributed by atoms with Gasteiger partial charge in [-0.1, -0.05) is 39.0 Å². The van der Waals surface area contributed by atoms with E-state index in [-0.39, 0.29) is 5.67 Å². The lowest BCUT2D eigenvalue weighted by atomic mass is 10.1. The fourth-order valence-electron chi connectivity index (χ4n) is 2.21. The van der Waals surface area contributed by atoms with Gasteiger partial charge in [0.05, 0.1) is 5.67 Å². The van der Waals surface area contributed by atoms with Crippen molar-refractivity contribution >= 4 is 15.4 Å². The smallest absolute Gasteiger partial charge is 0.407 e. The lowest BCUT2D eigenvalue weighted by molar-refractivity contribution is 0.127. The van der Waals surface area contributed by atoms with Gasteiger partial charge in [0.2, 0.25) is 0 Å². The number of rotatable bonds is 12. The second kappa shape index (κ2) is 12.2. The molecule has 1 amide bonds. The van der Waals surface area contributed by atoms with E-state index in [1.54, 1.807) is 7.05 Å². The molecule has 0 fully saturated rings. The van der Waals surface area contributed by atoms with Gasteiger partial charge in [-0.2, -0.15) is 0 Å². The van der Waals surface area contributed by atoms with Crippen LogP contribution < -0.4 is 0 Å². The van der Waals surface area contributed by atoms with Crippen LogP contribution in [0.25, 0.3) is 0 Å². The van der Waals surface area contributed by atoms with Gasteiger partial charge in [0.1, 0.15) is 0 Å². The van der Waals surface area contributed by atoms with Crippen LogP contribution in [0.4, 0.5) is 4.79 Å². The number of hydrogen-bond acceptors (Lipinski definition) is 3. The van der Waals surface area contributed by atoms with Gasteiger partial charge >= 0.3 is 15.4 Å². The van der Waals surface area contributed by atoms with Crippen molar-refractivity contribution in [3.63, 3.8) is 0 Å². The zero-order valence-corrected chi connectivity index (χ0v) is 14.6. The molecule has 0 aliphatic heterocycles. The fourth-order valence-corrected chi connectivity index (χ4v) is 4.41. The average Bonchev–Trinajstić information content (AvgIpc) is 2.42. The molecule has 0 aromatic heterocycles. The van der Waals surface area contributed by atoms with E-state index in [9.17, 15) is 9.90 Å². The van der Waals surface area contributed by atoms with Crippen LogP contribution >= 0.6 is 0 Å². The summed E-state index contributed by atoms with van der Waals surface area (Å²) in [4.78, 5) is 12.6. The second-order valence-corrected chi connectivity index (χ2v) is 7.12. The molecule has 0 aliphatic carbocycles. The topological polar surface area (TPSA) is 59.0 Å². The first-order valence-corrected chi connectivity index (χ1v) is 9.38. The summed E-state index contributed by atoms with van der Waals surface area (Å²) in [5, 5.41) is 9.22. The van der Waals surface area contributed by atoms with Crippen molar-refractivity contribution < 1.29 is 18.8 Å². The highest BCUT2D eigenvalue weighted by atomic mass is 28.3. The first-order valence-electron chi connectivity index (χ1n) is 7.77. The molecule has 5 nitrogen and oxygen atoms in total. The Morgan fingerprint density at radius 3 is 2.10 bits per heavy atom. The molecule has 0 radical (unpaired) electrons. The van der Waals surface area contributed by atoms with Gasteiger partial charge in [0, 0.05) is 20.3 Å². The normalized spacial score (nSPS) is 12.7. The highest BCUT2D eigenvalue weighted by Crippen LogP contribution is 2.15. The fraction of sp³-hybridized carbons (Fsp3) is 0.929. The molecule has 120 valence electrons. The Hall–Kier alpha value is -0.593. The average molecular weight is 305 g/mol. The van der Waals surface area contributed by atoms with Crippen LogP contribution in [0, 0.1) is 0 Å². The van der Waals surface area contributed by atoms with Gasteiger partial charge in [-0.15, -0.1) is 0 Å². The first kappa shape index (κ1) is 19.4. The zero-order valence-electron chi connectivity index (χ0n) is 13.4. The molecule has 20 heavy (non-hydrogen) atoms. The molecule has 0 rings (SSSR count). The minimum atomic E-state index is -1.98. The highest BCUT2D eigenvalue weighted by molar-refractivity contribution is 6.46. The predicted octanol–water partition coefficient (Wildman–Crippen LogP) is 3.16. The van der Waals surface area contributed by atoms with Crippen molar-refractivity contribution in [3.05, 3.63) is 0 Å². The molecule has 1 N–H and O–H groups in total. The number of carbonyl (C=O) groups is 1. The Morgan fingerprint density at radius 2 is 1.65 bits per heavy atom. The summed E-state index contributed by atoms with van der Waals surface area (Å²) in [5.41, 5.74) is -0.103. The Kier molecular flexibility index (Phi) is 11.8. The number of hydrogen-bond donors (Lipinski definition) is 1. The first-order chi connectivity index (χ1) is 9.58. The van der Waals surface area contributed by atoms with Crippen LogP contribution in [0.2, 0.25) is 0 Å². The third kappa shape index (κ3) is 7.87. The van der Waals surface area contributed by atoms with E-state index < -0.39 is 15.4 Å². The lowest BCUT2D eigenvalue weighted by Gasteiger charge is -2.30. The summed E-state index contributed by atoms with van der Waals surface area (Å²) in [6.07, 6.45) is 5.80. The molecule has 0 spiro atoms. The largest absolute Gasteiger partial charge is 0.465 e. The van der Waals surface area contributed by atoms with Crippen molar-refractivity contribution in [2.24, 2.45) is 0 Å². The summed E-state index contributed by atoms with van der Waals surface area (Å²) < 4.78 is 11.4. The molecule has 0 saturated carbocycles. The monoisotopic (exact) mass is 305 g/mol. The Bertz CT molecular complexity index is 247. The van der Waals surface area contributed by atoms with E-state index in [1.165, 1.54) is 24.2 Å². The Labute approximate surface area is 125 Å². The number of amides is 1. The van der Waals surface area contributed by atoms with Crippen LogP contribution in [-0.4, -0.2) is 51.3 Å². The number of nitrogens with zero attached hydrogens (tertiary/aromatic N) is 1. The van der Waals surface area contributed by atoms with Crippen molar-refractivity contribution in [2.75, 3.05) is 20.3 Å². The quantitative estimate of drug-likeness (QED) is 0.444. The number of carboxylic acid groups (broad SMARTS) is 1. The molecule has 1 unspecified atom stereocenters. The Balaban J connectivity index is 4.48. The molecule has 0 heterocycles. The molecule has 6 heteroatoms. The molecular formula is C14H31NO4Si. The third-order valence-corrected chi connectivity index (χ3v) is 6.11. The molecule has 0 aliphatic rings. The van der Waals surface area contributed by atoms with Crippen LogP contribution in [0.3, 0.4) is 0 Å². The van der Waals surface area contributed by atoms with E-state index in [2.05, 4.69) is 6.92 Å². The maximum atomic E-state index is 11.2. The van der Waals surface area contributed by atoms with Crippen LogP contribution in [0.1, 0.15) is 59.3 Å². The maximum Gasteiger partial charge on any atom is 0.407 e.